The Morgan fingerprint density at radius 2 is 0.731 bits per heavy atom. The van der Waals surface area contributed by atoms with Crippen LogP contribution in [-0.4, -0.2) is 35.1 Å². The minimum Gasteiger partial charge on any atom is -0.462 e. The first kappa shape index (κ1) is 33.8. The fraction of sp³-hybridized carbons (Fsp3) is 0.0870. The zero-order valence-electron chi connectivity index (χ0n) is 29.0. The third-order valence-corrected chi connectivity index (χ3v) is 8.74. The molecule has 0 spiro atoms. The Morgan fingerprint density at radius 1 is 0.423 bits per heavy atom. The van der Waals surface area contributed by atoms with Crippen LogP contribution in [0.1, 0.15) is 34.6 Å². The first-order valence-corrected chi connectivity index (χ1v) is 17.3. The van der Waals surface area contributed by atoms with Crippen molar-refractivity contribution in [3.8, 4) is 67.3 Å². The van der Waals surface area contributed by atoms with E-state index in [1.807, 2.05) is 158 Å². The Labute approximate surface area is 303 Å². The van der Waals surface area contributed by atoms with Gasteiger partial charge in [0.05, 0.1) is 47.1 Å². The van der Waals surface area contributed by atoms with Crippen molar-refractivity contribution in [3.63, 3.8) is 0 Å². The number of carbonyl (C=O) groups excluding carboxylic acids is 2. The van der Waals surface area contributed by atoms with Gasteiger partial charge in [-0.15, -0.1) is 0 Å². The number of nitrogens with zero attached hydrogens (tertiary/aromatic N) is 2. The van der Waals surface area contributed by atoms with Crippen LogP contribution in [0.4, 0.5) is 0 Å². The molecular weight excluding hydrogens is 645 g/mol. The van der Waals surface area contributed by atoms with Gasteiger partial charge >= 0.3 is 11.9 Å². The van der Waals surface area contributed by atoms with Crippen molar-refractivity contribution in [3.05, 3.63) is 169 Å². The van der Waals surface area contributed by atoms with Gasteiger partial charge in [-0.05, 0) is 37.1 Å². The van der Waals surface area contributed by atoms with Crippen LogP contribution >= 0.6 is 0 Å². The number of rotatable bonds is 10. The van der Waals surface area contributed by atoms with Gasteiger partial charge in [0.25, 0.3) is 0 Å². The highest BCUT2D eigenvalue weighted by atomic mass is 16.5. The highest BCUT2D eigenvalue weighted by Gasteiger charge is 2.27. The van der Waals surface area contributed by atoms with Crippen LogP contribution in [0.3, 0.4) is 0 Å². The van der Waals surface area contributed by atoms with Crippen molar-refractivity contribution < 1.29 is 19.1 Å². The average Bonchev–Trinajstić information content (AvgIpc) is 3.21. The molecule has 0 aliphatic heterocycles. The largest absolute Gasteiger partial charge is 0.462 e. The van der Waals surface area contributed by atoms with Gasteiger partial charge in [0.15, 0.2) is 0 Å². The summed E-state index contributed by atoms with van der Waals surface area (Å²) in [6.07, 6.45) is 0. The van der Waals surface area contributed by atoms with Gasteiger partial charge in [-0.25, -0.2) is 19.6 Å². The summed E-state index contributed by atoms with van der Waals surface area (Å²) in [5, 5.41) is 0. The summed E-state index contributed by atoms with van der Waals surface area (Å²) < 4.78 is 11.2. The summed E-state index contributed by atoms with van der Waals surface area (Å²) in [6, 6.07) is 50.9. The number of hydrogen-bond donors (Lipinski definition) is 0. The molecule has 6 heteroatoms. The fourth-order valence-electron chi connectivity index (χ4n) is 6.42. The molecule has 0 fully saturated rings. The van der Waals surface area contributed by atoms with E-state index in [9.17, 15) is 9.59 Å². The summed E-state index contributed by atoms with van der Waals surface area (Å²) >= 11 is 0. The Bertz CT molecular complexity index is 2050. The zero-order valence-corrected chi connectivity index (χ0v) is 29.0. The predicted octanol–water partition coefficient (Wildman–Crippen LogP) is 10.8. The normalized spacial score (nSPS) is 10.8. The maximum Gasteiger partial charge on any atom is 0.340 e. The fourth-order valence-corrected chi connectivity index (χ4v) is 6.42. The molecule has 0 unspecified atom stereocenters. The van der Waals surface area contributed by atoms with E-state index in [-0.39, 0.29) is 13.2 Å². The Morgan fingerprint density at radius 3 is 1.06 bits per heavy atom. The lowest BCUT2D eigenvalue weighted by Gasteiger charge is -2.19. The molecule has 6 nitrogen and oxygen atoms in total. The Hall–Kier alpha value is -6.66. The van der Waals surface area contributed by atoms with Gasteiger partial charge in [-0.3, -0.25) is 0 Å². The van der Waals surface area contributed by atoms with Gasteiger partial charge in [-0.2, -0.15) is 0 Å². The highest BCUT2D eigenvalue weighted by molar-refractivity contribution is 6.06. The maximum absolute atomic E-state index is 13.7. The summed E-state index contributed by atoms with van der Waals surface area (Å²) in [4.78, 5) is 37.9. The van der Waals surface area contributed by atoms with Gasteiger partial charge in [0.2, 0.25) is 0 Å². The molecule has 0 amide bonds. The van der Waals surface area contributed by atoms with Gasteiger partial charge in [0.1, 0.15) is 0 Å². The lowest BCUT2D eigenvalue weighted by atomic mass is 9.90. The molecule has 7 aromatic rings. The number of esters is 2. The minimum absolute atomic E-state index is 0.229. The molecule has 2 heterocycles. The van der Waals surface area contributed by atoms with Gasteiger partial charge < -0.3 is 9.47 Å². The molecule has 0 saturated carbocycles. The summed E-state index contributed by atoms with van der Waals surface area (Å²) in [6.45, 7) is 4.06. The smallest absolute Gasteiger partial charge is 0.340 e. The molecule has 0 saturated heterocycles. The van der Waals surface area contributed by atoms with Crippen LogP contribution in [-0.2, 0) is 9.47 Å². The summed E-state index contributed by atoms with van der Waals surface area (Å²) in [5.41, 5.74) is 9.47. The van der Waals surface area contributed by atoms with Crippen LogP contribution < -0.4 is 0 Å². The summed E-state index contributed by atoms with van der Waals surface area (Å²) in [5.74, 6) is -0.882. The number of hydrogen-bond acceptors (Lipinski definition) is 6. The molecule has 0 radical (unpaired) electrons. The lowest BCUT2D eigenvalue weighted by molar-refractivity contribution is 0.0518. The topological polar surface area (TPSA) is 78.4 Å². The number of carbonyl (C=O) groups is 2. The predicted molar refractivity (Wildman–Crippen MR) is 207 cm³/mol. The van der Waals surface area contributed by atoms with Gasteiger partial charge in [0, 0.05) is 33.4 Å². The third-order valence-electron chi connectivity index (χ3n) is 8.74. The SMILES string of the molecule is CCOC(=O)c1c(-c2ccccc2)cc(-c2ccccc2-c2cc(-c3ccccc3)c(C(=O)OCC)c(-c3ccccc3)n2)nc1-c1ccccc1. The molecule has 0 atom stereocenters. The van der Waals surface area contributed by atoms with Crippen molar-refractivity contribution in [1.29, 1.82) is 0 Å². The molecule has 0 N–H and O–H groups in total. The van der Waals surface area contributed by atoms with E-state index < -0.39 is 11.9 Å². The van der Waals surface area contributed by atoms with Gasteiger partial charge in [-0.1, -0.05) is 146 Å². The van der Waals surface area contributed by atoms with E-state index in [1.165, 1.54) is 0 Å². The Kier molecular flexibility index (Phi) is 10.1. The molecule has 0 bridgehead atoms. The first-order valence-electron chi connectivity index (χ1n) is 17.3. The second-order valence-electron chi connectivity index (χ2n) is 12.0. The van der Waals surface area contributed by atoms with Crippen LogP contribution in [0.2, 0.25) is 0 Å². The van der Waals surface area contributed by atoms with Crippen molar-refractivity contribution >= 4 is 11.9 Å². The second kappa shape index (κ2) is 15.5. The molecular formula is C46H36N2O4. The molecule has 0 aliphatic carbocycles. The molecule has 254 valence electrons. The first-order chi connectivity index (χ1) is 25.6. The molecule has 2 aromatic heterocycles. The quantitative estimate of drug-likeness (QED) is 0.134. The standard InChI is InChI=1S/C46H36N2O4/c1-3-51-45(49)41-37(31-19-9-5-10-20-31)29-39(47-43(41)33-23-13-7-14-24-33)35-27-17-18-28-36(35)40-30-38(32-21-11-6-12-22-32)42(46(50)52-4-2)44(48-40)34-25-15-8-16-26-34/h5-30H,3-4H2,1-2H3. The minimum atomic E-state index is -0.441. The molecule has 5 aromatic carbocycles. The van der Waals surface area contributed by atoms with E-state index in [1.54, 1.807) is 13.8 Å². The number of benzene rings is 5. The van der Waals surface area contributed by atoms with E-state index in [0.29, 0.717) is 45.0 Å². The van der Waals surface area contributed by atoms with Crippen LogP contribution in [0, 0.1) is 0 Å². The van der Waals surface area contributed by atoms with Crippen LogP contribution in [0.25, 0.3) is 67.3 Å². The summed E-state index contributed by atoms with van der Waals surface area (Å²) in [7, 11) is 0. The number of ether oxygens (including phenoxy) is 2. The molecule has 52 heavy (non-hydrogen) atoms. The van der Waals surface area contributed by atoms with E-state index >= 15 is 0 Å². The molecule has 0 aliphatic rings. The van der Waals surface area contributed by atoms with Crippen molar-refractivity contribution in [2.45, 2.75) is 13.8 Å². The number of pyridine rings is 2. The van der Waals surface area contributed by atoms with E-state index in [0.717, 1.165) is 33.4 Å². The van der Waals surface area contributed by atoms with E-state index in [4.69, 9.17) is 19.4 Å². The van der Waals surface area contributed by atoms with Crippen molar-refractivity contribution in [2.75, 3.05) is 13.2 Å². The average molecular weight is 681 g/mol. The Balaban J connectivity index is 1.53. The second-order valence-corrected chi connectivity index (χ2v) is 12.0. The van der Waals surface area contributed by atoms with Crippen LogP contribution in [0.15, 0.2) is 158 Å². The van der Waals surface area contributed by atoms with Crippen molar-refractivity contribution in [2.24, 2.45) is 0 Å². The molecule has 7 rings (SSSR count). The van der Waals surface area contributed by atoms with Crippen molar-refractivity contribution in [1.82, 2.24) is 9.97 Å². The maximum atomic E-state index is 13.7. The van der Waals surface area contributed by atoms with Crippen LogP contribution in [0.5, 0.6) is 0 Å². The highest BCUT2D eigenvalue weighted by Crippen LogP contribution is 2.41. The third kappa shape index (κ3) is 6.87. The lowest BCUT2D eigenvalue weighted by Crippen LogP contribution is -2.11. The zero-order chi connectivity index (χ0) is 35.9. The monoisotopic (exact) mass is 680 g/mol. The number of aromatic nitrogens is 2. The van der Waals surface area contributed by atoms with E-state index in [2.05, 4.69) is 0 Å².